The van der Waals surface area contributed by atoms with Gasteiger partial charge >= 0.3 is 0 Å². The number of hydrogen-bond donors (Lipinski definition) is 2. The Morgan fingerprint density at radius 2 is 1.43 bits per heavy atom. The molecule has 2 N–H and O–H groups in total. The maximum atomic E-state index is 10.5. The topological polar surface area (TPSA) is 51.9 Å². The smallest absolute Gasteiger partial charge is 0.197 e. The molecule has 1 aliphatic carbocycles. The molecule has 1 saturated heterocycles. The summed E-state index contributed by atoms with van der Waals surface area (Å²) < 4.78 is 1.73. The van der Waals surface area contributed by atoms with Gasteiger partial charge in [-0.15, -0.1) is 0 Å². The van der Waals surface area contributed by atoms with Crippen molar-refractivity contribution in [1.82, 2.24) is 9.47 Å². The molecule has 0 bridgehead atoms. The first-order valence-electron chi connectivity index (χ1n) is 10.8. The molecule has 1 aromatic carbocycles. The van der Waals surface area contributed by atoms with Crippen molar-refractivity contribution in [2.45, 2.75) is 52.0 Å². The summed E-state index contributed by atoms with van der Waals surface area (Å²) in [6.45, 7) is 8.34. The fourth-order valence-corrected chi connectivity index (χ4v) is 4.77. The number of aromatic nitrogens is 1. The monoisotopic (exact) mass is 383 g/mol. The molecule has 5 heteroatoms. The molecule has 0 unspecified atom stereocenters. The number of aromatic hydroxyl groups is 2. The number of piperazine rings is 1. The lowest BCUT2D eigenvalue weighted by molar-refractivity contribution is 0.249. The number of aryl methyl sites for hydroxylation is 1. The average Bonchev–Trinajstić information content (AvgIpc) is 2.97. The summed E-state index contributed by atoms with van der Waals surface area (Å²) in [5, 5.41) is 20.9. The molecule has 0 radical (unpaired) electrons. The first kappa shape index (κ1) is 19.2. The fraction of sp³-hybridized carbons (Fsp3) is 0.565. The number of para-hydroxylation sites is 1. The van der Waals surface area contributed by atoms with Gasteiger partial charge in [-0.1, -0.05) is 18.2 Å². The molecule has 2 aromatic rings. The standard InChI is InChI=1S/C23H33N3O2/c1-18-8-2-5-11-21(18)25-16-14-24(15-17-25)12-6-7-13-26-22(27)19-9-3-4-10-20(19)23(26)28/h2,5,8,11,27-28H,3-4,6-7,9-10,12-17H2,1H3. The van der Waals surface area contributed by atoms with Crippen LogP contribution in [0.4, 0.5) is 5.69 Å². The Morgan fingerprint density at radius 3 is 2.07 bits per heavy atom. The molecule has 2 heterocycles. The van der Waals surface area contributed by atoms with E-state index in [1.807, 2.05) is 0 Å². The number of fused-ring (bicyclic) bond motifs is 1. The summed E-state index contributed by atoms with van der Waals surface area (Å²) in [6, 6.07) is 8.64. The van der Waals surface area contributed by atoms with Crippen LogP contribution < -0.4 is 4.90 Å². The Labute approximate surface area is 168 Å². The van der Waals surface area contributed by atoms with E-state index in [1.54, 1.807) is 4.57 Å². The summed E-state index contributed by atoms with van der Waals surface area (Å²) in [5.41, 5.74) is 4.68. The number of hydrogen-bond acceptors (Lipinski definition) is 4. The van der Waals surface area contributed by atoms with E-state index in [1.165, 1.54) is 11.3 Å². The predicted molar refractivity (Wildman–Crippen MR) is 113 cm³/mol. The van der Waals surface area contributed by atoms with Crippen LogP contribution in [0.3, 0.4) is 0 Å². The number of nitrogens with zero attached hydrogens (tertiary/aromatic N) is 3. The van der Waals surface area contributed by atoms with Gasteiger partial charge < -0.3 is 15.1 Å². The van der Waals surface area contributed by atoms with Gasteiger partial charge in [0.15, 0.2) is 11.8 Å². The van der Waals surface area contributed by atoms with Crippen LogP contribution in [0.25, 0.3) is 0 Å². The minimum absolute atomic E-state index is 0.305. The summed E-state index contributed by atoms with van der Waals surface area (Å²) in [5.74, 6) is 0.609. The first-order chi connectivity index (χ1) is 13.6. The van der Waals surface area contributed by atoms with Crippen molar-refractivity contribution < 1.29 is 10.2 Å². The highest BCUT2D eigenvalue weighted by Crippen LogP contribution is 2.38. The molecule has 1 aliphatic heterocycles. The minimum atomic E-state index is 0.305. The number of anilines is 1. The quantitative estimate of drug-likeness (QED) is 0.747. The zero-order valence-electron chi connectivity index (χ0n) is 17.0. The number of rotatable bonds is 6. The van der Waals surface area contributed by atoms with Gasteiger partial charge in [0.2, 0.25) is 0 Å². The minimum Gasteiger partial charge on any atom is -0.494 e. The molecule has 4 rings (SSSR count). The van der Waals surface area contributed by atoms with Crippen LogP contribution in [0, 0.1) is 6.92 Å². The van der Waals surface area contributed by atoms with Crippen LogP contribution in [0.15, 0.2) is 24.3 Å². The largest absolute Gasteiger partial charge is 0.494 e. The van der Waals surface area contributed by atoms with E-state index in [2.05, 4.69) is 41.0 Å². The predicted octanol–water partition coefficient (Wildman–Crippen LogP) is 3.69. The second-order valence-corrected chi connectivity index (χ2v) is 8.29. The van der Waals surface area contributed by atoms with Crippen molar-refractivity contribution in [3.05, 3.63) is 41.0 Å². The second-order valence-electron chi connectivity index (χ2n) is 8.29. The Balaban J connectivity index is 1.23. The number of benzene rings is 1. The third-order valence-corrected chi connectivity index (χ3v) is 6.45. The van der Waals surface area contributed by atoms with E-state index < -0.39 is 0 Å². The van der Waals surface area contributed by atoms with Crippen molar-refractivity contribution in [1.29, 1.82) is 0 Å². The van der Waals surface area contributed by atoms with Crippen LogP contribution in [0.2, 0.25) is 0 Å². The molecule has 5 nitrogen and oxygen atoms in total. The lowest BCUT2D eigenvalue weighted by Crippen LogP contribution is -2.46. The third-order valence-electron chi connectivity index (χ3n) is 6.45. The zero-order valence-corrected chi connectivity index (χ0v) is 17.0. The molecule has 1 aromatic heterocycles. The lowest BCUT2D eigenvalue weighted by atomic mass is 9.95. The van der Waals surface area contributed by atoms with Gasteiger partial charge in [-0.05, 0) is 63.6 Å². The highest BCUT2D eigenvalue weighted by Gasteiger charge is 2.24. The second kappa shape index (κ2) is 8.48. The third kappa shape index (κ3) is 3.86. The van der Waals surface area contributed by atoms with Crippen molar-refractivity contribution >= 4 is 5.69 Å². The van der Waals surface area contributed by atoms with Crippen LogP contribution in [-0.4, -0.2) is 52.4 Å². The van der Waals surface area contributed by atoms with Crippen molar-refractivity contribution in [2.75, 3.05) is 37.6 Å². The van der Waals surface area contributed by atoms with E-state index in [0.717, 1.165) is 82.4 Å². The van der Waals surface area contributed by atoms with Crippen LogP contribution in [-0.2, 0) is 19.4 Å². The van der Waals surface area contributed by atoms with Crippen molar-refractivity contribution in [3.8, 4) is 11.8 Å². The van der Waals surface area contributed by atoms with Gasteiger partial charge in [0.05, 0.1) is 0 Å². The molecule has 2 aliphatic rings. The van der Waals surface area contributed by atoms with E-state index in [0.29, 0.717) is 18.3 Å². The maximum absolute atomic E-state index is 10.5. The summed E-state index contributed by atoms with van der Waals surface area (Å²) in [6.07, 6.45) is 6.08. The molecule has 0 spiro atoms. The fourth-order valence-electron chi connectivity index (χ4n) is 4.77. The number of unbranched alkanes of at least 4 members (excludes halogenated alkanes) is 1. The highest BCUT2D eigenvalue weighted by atomic mass is 16.3. The van der Waals surface area contributed by atoms with E-state index >= 15 is 0 Å². The van der Waals surface area contributed by atoms with Gasteiger partial charge in [0, 0.05) is 49.5 Å². The molecule has 0 saturated carbocycles. The SMILES string of the molecule is Cc1ccccc1N1CCN(CCCCn2c(O)c3c(c2O)CCCC3)CC1. The molecule has 28 heavy (non-hydrogen) atoms. The maximum Gasteiger partial charge on any atom is 0.197 e. The van der Waals surface area contributed by atoms with Gasteiger partial charge in [0.25, 0.3) is 0 Å². The Hall–Kier alpha value is -2.14. The van der Waals surface area contributed by atoms with Gasteiger partial charge in [-0.2, -0.15) is 0 Å². The van der Waals surface area contributed by atoms with Gasteiger partial charge in [0.1, 0.15) is 0 Å². The Morgan fingerprint density at radius 1 is 0.821 bits per heavy atom. The first-order valence-corrected chi connectivity index (χ1v) is 10.8. The van der Waals surface area contributed by atoms with Crippen LogP contribution in [0.5, 0.6) is 11.8 Å². The molecular formula is C23H33N3O2. The van der Waals surface area contributed by atoms with Crippen molar-refractivity contribution in [2.24, 2.45) is 0 Å². The van der Waals surface area contributed by atoms with Gasteiger partial charge in [-0.25, -0.2) is 0 Å². The molecule has 0 amide bonds. The molecule has 1 fully saturated rings. The summed E-state index contributed by atoms with van der Waals surface area (Å²) >= 11 is 0. The van der Waals surface area contributed by atoms with E-state index in [-0.39, 0.29) is 0 Å². The highest BCUT2D eigenvalue weighted by molar-refractivity contribution is 5.53. The summed E-state index contributed by atoms with van der Waals surface area (Å²) in [7, 11) is 0. The van der Waals surface area contributed by atoms with Crippen LogP contribution >= 0.6 is 0 Å². The normalized spacial score (nSPS) is 17.7. The lowest BCUT2D eigenvalue weighted by Gasteiger charge is -2.36. The Kier molecular flexibility index (Phi) is 5.81. The van der Waals surface area contributed by atoms with Crippen molar-refractivity contribution in [3.63, 3.8) is 0 Å². The average molecular weight is 384 g/mol. The Bertz CT molecular complexity index is 777. The summed E-state index contributed by atoms with van der Waals surface area (Å²) in [4.78, 5) is 5.03. The molecule has 0 atom stereocenters. The van der Waals surface area contributed by atoms with E-state index in [9.17, 15) is 10.2 Å². The molecule has 152 valence electrons. The van der Waals surface area contributed by atoms with E-state index in [4.69, 9.17) is 0 Å². The molecular weight excluding hydrogens is 350 g/mol. The van der Waals surface area contributed by atoms with Gasteiger partial charge in [-0.3, -0.25) is 9.47 Å². The zero-order chi connectivity index (χ0) is 19.5. The van der Waals surface area contributed by atoms with Crippen LogP contribution in [0.1, 0.15) is 42.4 Å².